The van der Waals surface area contributed by atoms with Crippen LogP contribution in [0.25, 0.3) is 0 Å². The van der Waals surface area contributed by atoms with Gasteiger partial charge in [0.1, 0.15) is 10.7 Å². The van der Waals surface area contributed by atoms with Crippen LogP contribution in [-0.2, 0) is 11.3 Å². The topological polar surface area (TPSA) is 97.5 Å². The average Bonchev–Trinajstić information content (AvgIpc) is 3.12. The Labute approximate surface area is 143 Å². The minimum atomic E-state index is -0.293. The third-order valence-corrected chi connectivity index (χ3v) is 4.52. The van der Waals surface area contributed by atoms with Crippen LogP contribution in [0.3, 0.4) is 0 Å². The van der Waals surface area contributed by atoms with Gasteiger partial charge in [-0.1, -0.05) is 0 Å². The number of hydrogen-bond acceptors (Lipinski definition) is 6. The van der Waals surface area contributed by atoms with Crippen LogP contribution in [0.1, 0.15) is 25.9 Å². The second-order valence-electron chi connectivity index (χ2n) is 5.27. The molecule has 2 heterocycles. The van der Waals surface area contributed by atoms with Crippen molar-refractivity contribution in [3.63, 3.8) is 0 Å². The number of carbonyl (C=O) groups excluding carboxylic acids is 2. The highest BCUT2D eigenvalue weighted by Crippen LogP contribution is 2.15. The molecule has 7 nitrogen and oxygen atoms in total. The predicted octanol–water partition coefficient (Wildman–Crippen LogP) is 1.33. The van der Waals surface area contributed by atoms with Crippen molar-refractivity contribution in [1.82, 2.24) is 9.88 Å². The van der Waals surface area contributed by atoms with Gasteiger partial charge in [-0.2, -0.15) is 0 Å². The number of nitrogens with two attached hydrogens (primary N) is 1. The third kappa shape index (κ3) is 3.78. The highest BCUT2D eigenvalue weighted by molar-refractivity contribution is 7.09. The number of carbonyl (C=O) groups is 2. The van der Waals surface area contributed by atoms with Crippen LogP contribution in [0.4, 0.5) is 5.69 Å². The Balaban J connectivity index is 1.63. The lowest BCUT2D eigenvalue weighted by atomic mass is 10.1. The number of benzene rings is 1. The number of nitrogens with one attached hydrogen (secondary N) is 1. The number of amides is 2. The number of nitrogens with zero attached hydrogens (tertiary/aromatic N) is 2. The highest BCUT2D eigenvalue weighted by Gasteiger charge is 2.18. The van der Waals surface area contributed by atoms with Crippen molar-refractivity contribution < 1.29 is 14.3 Å². The number of ether oxygens (including phenoxy) is 1. The van der Waals surface area contributed by atoms with Gasteiger partial charge in [-0.15, -0.1) is 11.3 Å². The lowest BCUT2D eigenvalue weighted by Crippen LogP contribution is -2.40. The summed E-state index contributed by atoms with van der Waals surface area (Å²) in [6.45, 7) is 2.65. The summed E-state index contributed by atoms with van der Waals surface area (Å²) in [5.74, 6) is -0.318. The van der Waals surface area contributed by atoms with Crippen LogP contribution >= 0.6 is 11.3 Å². The molecule has 8 heteroatoms. The van der Waals surface area contributed by atoms with E-state index in [0.29, 0.717) is 54.8 Å². The molecule has 3 rings (SSSR count). The first-order chi connectivity index (χ1) is 11.7. The quantitative estimate of drug-likeness (QED) is 0.870. The fraction of sp³-hybridized carbons (Fsp3) is 0.312. The maximum Gasteiger partial charge on any atom is 0.275 e. The molecule has 0 unspecified atom stereocenters. The number of thiazole rings is 1. The lowest BCUT2D eigenvalue weighted by molar-refractivity contribution is 0.0303. The molecule has 0 radical (unpaired) electrons. The Morgan fingerprint density at radius 3 is 2.58 bits per heavy atom. The molecule has 0 aliphatic carbocycles. The fourth-order valence-electron chi connectivity index (χ4n) is 2.35. The van der Waals surface area contributed by atoms with E-state index in [1.165, 1.54) is 11.3 Å². The Bertz CT molecular complexity index is 723. The van der Waals surface area contributed by atoms with E-state index in [9.17, 15) is 9.59 Å². The standard InChI is InChI=1S/C16H18N4O3S/c17-9-14-19-13(10-24-14)15(21)18-12-3-1-11(2-4-12)16(22)20-5-7-23-8-6-20/h1-4,10H,5-9,17H2,(H,18,21). The van der Waals surface area contributed by atoms with Crippen molar-refractivity contribution >= 4 is 28.8 Å². The Hall–Kier alpha value is -2.29. The van der Waals surface area contributed by atoms with Crippen LogP contribution in [0.5, 0.6) is 0 Å². The van der Waals surface area contributed by atoms with E-state index in [0.717, 1.165) is 0 Å². The molecule has 1 aromatic carbocycles. The van der Waals surface area contributed by atoms with E-state index in [2.05, 4.69) is 10.3 Å². The van der Waals surface area contributed by atoms with Gasteiger partial charge in [-0.05, 0) is 24.3 Å². The molecular weight excluding hydrogens is 328 g/mol. The molecule has 1 aromatic heterocycles. The number of morpholine rings is 1. The first kappa shape index (κ1) is 16.6. The zero-order valence-corrected chi connectivity index (χ0v) is 13.8. The first-order valence-electron chi connectivity index (χ1n) is 7.60. The van der Waals surface area contributed by atoms with E-state index in [-0.39, 0.29) is 11.8 Å². The van der Waals surface area contributed by atoms with Crippen molar-refractivity contribution in [3.05, 3.63) is 45.9 Å². The molecule has 0 spiro atoms. The van der Waals surface area contributed by atoms with Gasteiger partial charge in [-0.3, -0.25) is 9.59 Å². The van der Waals surface area contributed by atoms with Gasteiger partial charge in [-0.25, -0.2) is 4.98 Å². The van der Waals surface area contributed by atoms with Gasteiger partial charge in [0.25, 0.3) is 11.8 Å². The summed E-state index contributed by atoms with van der Waals surface area (Å²) in [4.78, 5) is 30.4. The highest BCUT2D eigenvalue weighted by atomic mass is 32.1. The van der Waals surface area contributed by atoms with Crippen molar-refractivity contribution in [2.24, 2.45) is 5.73 Å². The van der Waals surface area contributed by atoms with Gasteiger partial charge in [0, 0.05) is 36.3 Å². The summed E-state index contributed by atoms with van der Waals surface area (Å²) in [5, 5.41) is 5.15. The largest absolute Gasteiger partial charge is 0.378 e. The second-order valence-corrected chi connectivity index (χ2v) is 6.21. The molecule has 0 atom stereocenters. The van der Waals surface area contributed by atoms with Gasteiger partial charge >= 0.3 is 0 Å². The van der Waals surface area contributed by atoms with Crippen LogP contribution in [0, 0.1) is 0 Å². The third-order valence-electron chi connectivity index (χ3n) is 3.65. The molecule has 1 aliphatic heterocycles. The molecule has 0 saturated carbocycles. The smallest absolute Gasteiger partial charge is 0.275 e. The van der Waals surface area contributed by atoms with Gasteiger partial charge in [0.15, 0.2) is 0 Å². The van der Waals surface area contributed by atoms with Gasteiger partial charge in [0.2, 0.25) is 0 Å². The Kier molecular flexibility index (Phi) is 5.19. The molecule has 2 aromatic rings. The van der Waals surface area contributed by atoms with E-state index < -0.39 is 0 Å². The molecule has 2 amide bonds. The van der Waals surface area contributed by atoms with Crippen LogP contribution in [0.2, 0.25) is 0 Å². The molecule has 24 heavy (non-hydrogen) atoms. The monoisotopic (exact) mass is 346 g/mol. The molecule has 0 bridgehead atoms. The van der Waals surface area contributed by atoms with E-state index in [1.807, 2.05) is 0 Å². The van der Waals surface area contributed by atoms with E-state index >= 15 is 0 Å². The van der Waals surface area contributed by atoms with Crippen molar-refractivity contribution in [3.8, 4) is 0 Å². The maximum absolute atomic E-state index is 12.4. The summed E-state index contributed by atoms with van der Waals surface area (Å²) < 4.78 is 5.25. The molecule has 1 aliphatic rings. The maximum atomic E-state index is 12.4. The zero-order valence-electron chi connectivity index (χ0n) is 13.0. The van der Waals surface area contributed by atoms with Crippen molar-refractivity contribution in [1.29, 1.82) is 0 Å². The number of rotatable bonds is 4. The number of hydrogen-bond donors (Lipinski definition) is 2. The van der Waals surface area contributed by atoms with Crippen LogP contribution < -0.4 is 11.1 Å². The SMILES string of the molecule is NCc1nc(C(=O)Nc2ccc(C(=O)N3CCOCC3)cc2)cs1. The fourth-order valence-corrected chi connectivity index (χ4v) is 3.00. The van der Waals surface area contributed by atoms with Gasteiger partial charge in [0.05, 0.1) is 13.2 Å². The summed E-state index contributed by atoms with van der Waals surface area (Å²) in [5.41, 5.74) is 7.04. The molecule has 126 valence electrons. The van der Waals surface area contributed by atoms with Crippen molar-refractivity contribution in [2.45, 2.75) is 6.54 Å². The van der Waals surface area contributed by atoms with E-state index in [1.54, 1.807) is 34.5 Å². The summed E-state index contributed by atoms with van der Waals surface area (Å²) in [6, 6.07) is 6.84. The van der Waals surface area contributed by atoms with Crippen molar-refractivity contribution in [2.75, 3.05) is 31.6 Å². The molecular formula is C16H18N4O3S. The minimum absolute atomic E-state index is 0.0248. The average molecular weight is 346 g/mol. The Morgan fingerprint density at radius 1 is 1.25 bits per heavy atom. The minimum Gasteiger partial charge on any atom is -0.378 e. The summed E-state index contributed by atoms with van der Waals surface area (Å²) >= 11 is 1.35. The number of aromatic nitrogens is 1. The molecule has 1 fully saturated rings. The molecule has 1 saturated heterocycles. The predicted molar refractivity (Wildman–Crippen MR) is 91.1 cm³/mol. The second kappa shape index (κ2) is 7.52. The normalized spacial score (nSPS) is 14.5. The van der Waals surface area contributed by atoms with E-state index in [4.69, 9.17) is 10.5 Å². The zero-order chi connectivity index (χ0) is 16.9. The van der Waals surface area contributed by atoms with Crippen LogP contribution in [0.15, 0.2) is 29.6 Å². The summed E-state index contributed by atoms with van der Waals surface area (Å²) in [7, 11) is 0. The van der Waals surface area contributed by atoms with Gasteiger partial charge < -0.3 is 20.7 Å². The van der Waals surface area contributed by atoms with Crippen LogP contribution in [-0.4, -0.2) is 48.0 Å². The first-order valence-corrected chi connectivity index (χ1v) is 8.48. The Morgan fingerprint density at radius 2 is 1.96 bits per heavy atom. The summed E-state index contributed by atoms with van der Waals surface area (Å²) in [6.07, 6.45) is 0. The number of anilines is 1. The lowest BCUT2D eigenvalue weighted by Gasteiger charge is -2.26. The molecule has 3 N–H and O–H groups in total.